The first-order valence-corrected chi connectivity index (χ1v) is 7.82. The Hall–Kier alpha value is -1.93. The van der Waals surface area contributed by atoms with Crippen molar-refractivity contribution >= 4 is 40.1 Å². The lowest BCUT2D eigenvalue weighted by molar-refractivity contribution is -0.133. The lowest BCUT2D eigenvalue weighted by atomic mass is 10.1. The Kier molecular flexibility index (Phi) is 4.92. The molecule has 0 fully saturated rings. The molecule has 6 nitrogen and oxygen atoms in total. The van der Waals surface area contributed by atoms with Crippen LogP contribution in [0, 0.1) is 13.8 Å². The molecule has 1 heterocycles. The molecular formula is C13H13N3O3S2. The Morgan fingerprint density at radius 2 is 2.05 bits per heavy atom. The number of carboxylic acid groups (broad SMARTS) is 1. The molecule has 0 saturated carbocycles. The van der Waals surface area contributed by atoms with Crippen molar-refractivity contribution in [2.24, 2.45) is 0 Å². The van der Waals surface area contributed by atoms with E-state index in [0.29, 0.717) is 15.0 Å². The van der Waals surface area contributed by atoms with Crippen molar-refractivity contribution in [2.75, 3.05) is 11.1 Å². The molecule has 2 rings (SSSR count). The molecule has 0 atom stereocenters. The van der Waals surface area contributed by atoms with Crippen LogP contribution < -0.4 is 5.32 Å². The Bertz CT molecular complexity index is 685. The molecule has 110 valence electrons. The molecular weight excluding hydrogens is 310 g/mol. The van der Waals surface area contributed by atoms with Gasteiger partial charge in [-0.1, -0.05) is 29.2 Å². The number of aliphatic carboxylic acids is 1. The summed E-state index contributed by atoms with van der Waals surface area (Å²) in [6.07, 6.45) is 0. The van der Waals surface area contributed by atoms with E-state index < -0.39 is 5.97 Å². The van der Waals surface area contributed by atoms with Gasteiger partial charge < -0.3 is 5.11 Å². The standard InChI is InChI=1S/C13H13N3O3S2/c1-7-3-4-9(5-8(7)2)11(19)14-12-15-16-13(21-12)20-6-10(17)18/h3-5H,6H2,1-2H3,(H,17,18)(H,14,15,19). The molecule has 0 aliphatic carbocycles. The van der Waals surface area contributed by atoms with Gasteiger partial charge in [0.2, 0.25) is 5.13 Å². The third-order valence-electron chi connectivity index (χ3n) is 2.72. The van der Waals surface area contributed by atoms with Crippen LogP contribution in [0.1, 0.15) is 21.5 Å². The number of benzene rings is 1. The van der Waals surface area contributed by atoms with Gasteiger partial charge in [0.1, 0.15) is 0 Å². The molecule has 8 heteroatoms. The summed E-state index contributed by atoms with van der Waals surface area (Å²) >= 11 is 2.22. The van der Waals surface area contributed by atoms with E-state index in [9.17, 15) is 9.59 Å². The first-order chi connectivity index (χ1) is 9.95. The lowest BCUT2D eigenvalue weighted by Crippen LogP contribution is -2.12. The van der Waals surface area contributed by atoms with Crippen LogP contribution in [-0.2, 0) is 4.79 Å². The number of rotatable bonds is 5. The van der Waals surface area contributed by atoms with E-state index >= 15 is 0 Å². The second-order valence-corrected chi connectivity index (χ2v) is 6.51. The summed E-state index contributed by atoms with van der Waals surface area (Å²) in [4.78, 5) is 22.5. The molecule has 1 amide bonds. The third-order valence-corrected chi connectivity index (χ3v) is 4.67. The van der Waals surface area contributed by atoms with Crippen molar-refractivity contribution in [3.05, 3.63) is 34.9 Å². The van der Waals surface area contributed by atoms with Crippen LogP contribution in [0.2, 0.25) is 0 Å². The minimum atomic E-state index is -0.920. The highest BCUT2D eigenvalue weighted by Gasteiger charge is 2.12. The van der Waals surface area contributed by atoms with Gasteiger partial charge in [0, 0.05) is 5.56 Å². The fourth-order valence-corrected chi connectivity index (χ4v) is 2.96. The number of nitrogens with zero attached hydrogens (tertiary/aromatic N) is 2. The number of carbonyl (C=O) groups excluding carboxylic acids is 1. The summed E-state index contributed by atoms with van der Waals surface area (Å²) in [6, 6.07) is 5.45. The van der Waals surface area contributed by atoms with Gasteiger partial charge in [-0.3, -0.25) is 14.9 Å². The highest BCUT2D eigenvalue weighted by atomic mass is 32.2. The zero-order chi connectivity index (χ0) is 15.4. The maximum Gasteiger partial charge on any atom is 0.313 e. The highest BCUT2D eigenvalue weighted by Crippen LogP contribution is 2.25. The van der Waals surface area contributed by atoms with Gasteiger partial charge in [0.15, 0.2) is 4.34 Å². The van der Waals surface area contributed by atoms with Gasteiger partial charge >= 0.3 is 5.97 Å². The van der Waals surface area contributed by atoms with Gasteiger partial charge in [-0.15, -0.1) is 10.2 Å². The van der Waals surface area contributed by atoms with Crippen LogP contribution in [0.25, 0.3) is 0 Å². The second-order valence-electron chi connectivity index (χ2n) is 4.31. The highest BCUT2D eigenvalue weighted by molar-refractivity contribution is 8.01. The van der Waals surface area contributed by atoms with Crippen LogP contribution in [0.4, 0.5) is 5.13 Å². The number of thioether (sulfide) groups is 1. The molecule has 0 radical (unpaired) electrons. The summed E-state index contributed by atoms with van der Waals surface area (Å²) in [5.41, 5.74) is 2.71. The van der Waals surface area contributed by atoms with Gasteiger partial charge in [-0.25, -0.2) is 0 Å². The van der Waals surface area contributed by atoms with E-state index in [1.165, 1.54) is 0 Å². The number of hydrogen-bond acceptors (Lipinski definition) is 6. The SMILES string of the molecule is Cc1ccc(C(=O)Nc2nnc(SCC(=O)O)s2)cc1C. The van der Waals surface area contributed by atoms with Crippen molar-refractivity contribution in [1.82, 2.24) is 10.2 Å². The average Bonchev–Trinajstić information content (AvgIpc) is 2.87. The maximum atomic E-state index is 12.1. The summed E-state index contributed by atoms with van der Waals surface area (Å²) in [5.74, 6) is -1.26. The molecule has 0 spiro atoms. The van der Waals surface area contributed by atoms with E-state index in [4.69, 9.17) is 5.11 Å². The Morgan fingerprint density at radius 3 is 2.71 bits per heavy atom. The molecule has 0 aliphatic rings. The van der Waals surface area contributed by atoms with Crippen molar-refractivity contribution in [3.8, 4) is 0 Å². The van der Waals surface area contributed by atoms with Gasteiger partial charge in [0.05, 0.1) is 5.75 Å². The quantitative estimate of drug-likeness (QED) is 0.649. The minimum absolute atomic E-state index is 0.0836. The third kappa shape index (κ3) is 4.27. The zero-order valence-corrected chi connectivity index (χ0v) is 13.0. The normalized spacial score (nSPS) is 10.4. The van der Waals surface area contributed by atoms with E-state index in [2.05, 4.69) is 15.5 Å². The maximum absolute atomic E-state index is 12.1. The van der Waals surface area contributed by atoms with Crippen molar-refractivity contribution in [1.29, 1.82) is 0 Å². The van der Waals surface area contributed by atoms with Crippen LogP contribution in [0.3, 0.4) is 0 Å². The Labute approximate surface area is 129 Å². The second kappa shape index (κ2) is 6.68. The van der Waals surface area contributed by atoms with Crippen molar-refractivity contribution in [2.45, 2.75) is 18.2 Å². The summed E-state index contributed by atoms with van der Waals surface area (Å²) in [6.45, 7) is 3.92. The fraction of sp³-hybridized carbons (Fsp3) is 0.231. The number of aromatic nitrogens is 2. The summed E-state index contributed by atoms with van der Waals surface area (Å²) in [7, 11) is 0. The molecule has 0 bridgehead atoms. The van der Waals surface area contributed by atoms with Gasteiger partial charge in [-0.2, -0.15) is 0 Å². The Morgan fingerprint density at radius 1 is 1.29 bits per heavy atom. The minimum Gasteiger partial charge on any atom is -0.481 e. The van der Waals surface area contributed by atoms with E-state index in [1.807, 2.05) is 26.0 Å². The molecule has 0 saturated heterocycles. The summed E-state index contributed by atoms with van der Waals surface area (Å²) in [5, 5.41) is 19.2. The fourth-order valence-electron chi connectivity index (χ4n) is 1.49. The topological polar surface area (TPSA) is 92.2 Å². The van der Waals surface area contributed by atoms with Crippen molar-refractivity contribution in [3.63, 3.8) is 0 Å². The number of amides is 1. The molecule has 2 N–H and O–H groups in total. The van der Waals surface area contributed by atoms with Crippen LogP contribution in [-0.4, -0.2) is 32.9 Å². The predicted molar refractivity (Wildman–Crippen MR) is 82.1 cm³/mol. The molecule has 1 aromatic heterocycles. The molecule has 0 aliphatic heterocycles. The summed E-state index contributed by atoms with van der Waals surface area (Å²) < 4.78 is 0.507. The predicted octanol–water partition coefficient (Wildman–Crippen LogP) is 2.58. The molecule has 0 unspecified atom stereocenters. The number of anilines is 1. The van der Waals surface area contributed by atoms with Gasteiger partial charge in [0.25, 0.3) is 5.91 Å². The lowest BCUT2D eigenvalue weighted by Gasteiger charge is -2.04. The van der Waals surface area contributed by atoms with E-state index in [1.54, 1.807) is 6.07 Å². The number of aryl methyl sites for hydroxylation is 2. The van der Waals surface area contributed by atoms with Crippen molar-refractivity contribution < 1.29 is 14.7 Å². The molecule has 21 heavy (non-hydrogen) atoms. The number of carbonyl (C=O) groups is 2. The number of nitrogens with one attached hydrogen (secondary N) is 1. The van der Waals surface area contributed by atoms with Crippen LogP contribution in [0.5, 0.6) is 0 Å². The smallest absolute Gasteiger partial charge is 0.313 e. The van der Waals surface area contributed by atoms with E-state index in [-0.39, 0.29) is 11.7 Å². The van der Waals surface area contributed by atoms with Gasteiger partial charge in [-0.05, 0) is 37.1 Å². The number of carboxylic acids is 1. The Balaban J connectivity index is 2.02. The molecule has 2 aromatic rings. The monoisotopic (exact) mass is 323 g/mol. The molecule has 1 aromatic carbocycles. The average molecular weight is 323 g/mol. The first kappa shape index (κ1) is 15.5. The number of hydrogen-bond donors (Lipinski definition) is 2. The van der Waals surface area contributed by atoms with Crippen LogP contribution in [0.15, 0.2) is 22.5 Å². The van der Waals surface area contributed by atoms with E-state index in [0.717, 1.165) is 34.2 Å². The first-order valence-electron chi connectivity index (χ1n) is 6.02. The zero-order valence-electron chi connectivity index (χ0n) is 11.4. The largest absolute Gasteiger partial charge is 0.481 e. The van der Waals surface area contributed by atoms with Crippen LogP contribution >= 0.6 is 23.1 Å².